The summed E-state index contributed by atoms with van der Waals surface area (Å²) in [5.74, 6) is 0.155. The number of nitrogens with one attached hydrogen (secondary N) is 1. The number of para-hydroxylation sites is 1. The number of H-pyrrole nitrogens is 1. The molecule has 0 saturated heterocycles. The Morgan fingerprint density at radius 2 is 2.17 bits per heavy atom. The van der Waals surface area contributed by atoms with Gasteiger partial charge in [0.05, 0.1) is 0 Å². The van der Waals surface area contributed by atoms with Crippen LogP contribution in [0.5, 0.6) is 0 Å². The lowest BCUT2D eigenvalue weighted by molar-refractivity contribution is -0.128. The van der Waals surface area contributed by atoms with Crippen LogP contribution in [-0.2, 0) is 4.79 Å². The third-order valence-corrected chi connectivity index (χ3v) is 3.53. The van der Waals surface area contributed by atoms with Crippen molar-refractivity contribution in [3.8, 4) is 0 Å². The molecule has 1 amide bonds. The number of benzene rings is 1. The average Bonchev–Trinajstić information content (AvgIpc) is 2.82. The first kappa shape index (κ1) is 11.1. The maximum Gasteiger partial charge on any atom is 0.219 e. The topological polar surface area (TPSA) is 36.1 Å². The highest BCUT2D eigenvalue weighted by atomic mass is 16.2. The maximum atomic E-state index is 11.3. The zero-order valence-corrected chi connectivity index (χ0v) is 10.4. The van der Waals surface area contributed by atoms with Crippen molar-refractivity contribution in [1.82, 2.24) is 9.88 Å². The summed E-state index contributed by atoms with van der Waals surface area (Å²) in [6.45, 7) is 3.17. The van der Waals surface area contributed by atoms with Gasteiger partial charge in [0.1, 0.15) is 0 Å². The normalized spacial score (nSPS) is 15.8. The second-order valence-corrected chi connectivity index (χ2v) is 4.71. The smallest absolute Gasteiger partial charge is 0.219 e. The van der Waals surface area contributed by atoms with Crippen LogP contribution in [0.25, 0.3) is 16.5 Å². The number of hydrogen-bond acceptors (Lipinski definition) is 1. The van der Waals surface area contributed by atoms with Gasteiger partial charge in [0.25, 0.3) is 0 Å². The Bertz CT molecular complexity index is 591. The van der Waals surface area contributed by atoms with Gasteiger partial charge >= 0.3 is 0 Å². The van der Waals surface area contributed by atoms with Crippen molar-refractivity contribution in [2.75, 3.05) is 13.1 Å². The van der Waals surface area contributed by atoms with Crippen LogP contribution in [0.2, 0.25) is 0 Å². The van der Waals surface area contributed by atoms with E-state index in [0.29, 0.717) is 0 Å². The summed E-state index contributed by atoms with van der Waals surface area (Å²) in [6.07, 6.45) is 3.07. The summed E-state index contributed by atoms with van der Waals surface area (Å²) in [5, 5.41) is 1.24. The van der Waals surface area contributed by atoms with Crippen LogP contribution < -0.4 is 0 Å². The molecule has 0 radical (unpaired) electrons. The minimum absolute atomic E-state index is 0.155. The number of aromatic nitrogens is 1. The van der Waals surface area contributed by atoms with Crippen molar-refractivity contribution in [3.05, 3.63) is 42.1 Å². The number of carbonyl (C=O) groups is 1. The van der Waals surface area contributed by atoms with E-state index >= 15 is 0 Å². The summed E-state index contributed by atoms with van der Waals surface area (Å²) in [5.41, 5.74) is 3.66. The third-order valence-electron chi connectivity index (χ3n) is 3.53. The van der Waals surface area contributed by atoms with Crippen molar-refractivity contribution < 1.29 is 4.79 Å². The number of rotatable bonds is 1. The first-order chi connectivity index (χ1) is 8.74. The number of hydrogen-bond donors (Lipinski definition) is 1. The van der Waals surface area contributed by atoms with E-state index in [1.807, 2.05) is 17.0 Å². The molecule has 3 rings (SSSR count). The van der Waals surface area contributed by atoms with E-state index in [9.17, 15) is 4.79 Å². The predicted molar refractivity (Wildman–Crippen MR) is 73.1 cm³/mol. The Labute approximate surface area is 106 Å². The lowest BCUT2D eigenvalue weighted by atomic mass is 10.0. The minimum Gasteiger partial charge on any atom is -0.355 e. The zero-order valence-electron chi connectivity index (χ0n) is 10.4. The largest absolute Gasteiger partial charge is 0.355 e. The van der Waals surface area contributed by atoms with E-state index < -0.39 is 0 Å². The highest BCUT2D eigenvalue weighted by Crippen LogP contribution is 2.25. The molecular formula is C15H16N2O. The molecule has 1 N–H and O–H groups in total. The highest BCUT2D eigenvalue weighted by molar-refractivity contribution is 5.85. The van der Waals surface area contributed by atoms with Crippen LogP contribution in [0.15, 0.2) is 36.4 Å². The average molecular weight is 240 g/mol. The van der Waals surface area contributed by atoms with Crippen molar-refractivity contribution in [2.45, 2.75) is 13.3 Å². The van der Waals surface area contributed by atoms with Gasteiger partial charge in [-0.2, -0.15) is 0 Å². The van der Waals surface area contributed by atoms with Crippen LogP contribution in [0.1, 0.15) is 19.0 Å². The molecule has 2 heterocycles. The third kappa shape index (κ3) is 1.92. The standard InChI is InChI=1S/C15H16N2O/c1-11(18)17-8-6-12(7-9-17)15-10-13-4-2-3-5-14(13)16-15/h2-6,10,16H,7-9H2,1H3. The van der Waals surface area contributed by atoms with Crippen LogP contribution in [0.3, 0.4) is 0 Å². The molecule has 1 aromatic heterocycles. The zero-order chi connectivity index (χ0) is 12.5. The summed E-state index contributed by atoms with van der Waals surface area (Å²) in [7, 11) is 0. The van der Waals surface area contributed by atoms with Gasteiger partial charge in [0.2, 0.25) is 5.91 Å². The van der Waals surface area contributed by atoms with Crippen LogP contribution >= 0.6 is 0 Å². The van der Waals surface area contributed by atoms with E-state index in [1.165, 1.54) is 22.2 Å². The molecule has 2 aromatic rings. The Kier molecular flexibility index (Phi) is 2.67. The number of nitrogens with zero attached hydrogens (tertiary/aromatic N) is 1. The molecule has 1 aliphatic rings. The Balaban J connectivity index is 1.89. The molecule has 0 bridgehead atoms. The summed E-state index contributed by atoms with van der Waals surface area (Å²) < 4.78 is 0. The summed E-state index contributed by atoms with van der Waals surface area (Å²) in [6, 6.07) is 10.5. The number of carbonyl (C=O) groups excluding carboxylic acids is 1. The molecule has 3 nitrogen and oxygen atoms in total. The van der Waals surface area contributed by atoms with Crippen molar-refractivity contribution in [2.24, 2.45) is 0 Å². The molecule has 0 saturated carbocycles. The van der Waals surface area contributed by atoms with Crippen LogP contribution in [0, 0.1) is 0 Å². The van der Waals surface area contributed by atoms with E-state index in [2.05, 4.69) is 29.3 Å². The minimum atomic E-state index is 0.155. The number of aromatic amines is 1. The van der Waals surface area contributed by atoms with Crippen molar-refractivity contribution in [3.63, 3.8) is 0 Å². The fourth-order valence-electron chi connectivity index (χ4n) is 2.45. The number of fused-ring (bicyclic) bond motifs is 1. The lowest BCUT2D eigenvalue weighted by Gasteiger charge is -2.24. The first-order valence-corrected chi connectivity index (χ1v) is 6.27. The lowest BCUT2D eigenvalue weighted by Crippen LogP contribution is -2.32. The molecule has 1 aliphatic heterocycles. The second-order valence-electron chi connectivity index (χ2n) is 4.71. The van der Waals surface area contributed by atoms with Gasteiger partial charge < -0.3 is 9.88 Å². The summed E-state index contributed by atoms with van der Waals surface area (Å²) >= 11 is 0. The van der Waals surface area contributed by atoms with Crippen LogP contribution in [-0.4, -0.2) is 28.9 Å². The molecule has 0 spiro atoms. The van der Waals surface area contributed by atoms with E-state index in [0.717, 1.165) is 19.5 Å². The van der Waals surface area contributed by atoms with E-state index in [-0.39, 0.29) is 5.91 Å². The fraction of sp³-hybridized carbons (Fsp3) is 0.267. The van der Waals surface area contributed by atoms with Gasteiger partial charge in [-0.25, -0.2) is 0 Å². The van der Waals surface area contributed by atoms with E-state index in [1.54, 1.807) is 6.92 Å². The van der Waals surface area contributed by atoms with Gasteiger partial charge in [-0.3, -0.25) is 4.79 Å². The van der Waals surface area contributed by atoms with Crippen molar-refractivity contribution >= 4 is 22.4 Å². The summed E-state index contributed by atoms with van der Waals surface area (Å²) in [4.78, 5) is 16.6. The van der Waals surface area contributed by atoms with Crippen LogP contribution in [0.4, 0.5) is 0 Å². The van der Waals surface area contributed by atoms with Gasteiger partial charge in [-0.05, 0) is 29.5 Å². The fourth-order valence-corrected chi connectivity index (χ4v) is 2.45. The molecule has 0 aliphatic carbocycles. The molecule has 3 heteroatoms. The molecule has 18 heavy (non-hydrogen) atoms. The molecular weight excluding hydrogens is 224 g/mol. The Morgan fingerprint density at radius 1 is 1.33 bits per heavy atom. The first-order valence-electron chi connectivity index (χ1n) is 6.27. The predicted octanol–water partition coefficient (Wildman–Crippen LogP) is 2.80. The van der Waals surface area contributed by atoms with Gasteiger partial charge in [-0.15, -0.1) is 0 Å². The Hall–Kier alpha value is -2.03. The maximum absolute atomic E-state index is 11.3. The van der Waals surface area contributed by atoms with Gasteiger partial charge in [0.15, 0.2) is 0 Å². The number of amides is 1. The SMILES string of the molecule is CC(=O)N1CC=C(c2cc3ccccc3[nH]2)CC1. The molecule has 92 valence electrons. The second kappa shape index (κ2) is 4.33. The molecule has 0 atom stereocenters. The monoisotopic (exact) mass is 240 g/mol. The van der Waals surface area contributed by atoms with Gasteiger partial charge in [-0.1, -0.05) is 24.3 Å². The van der Waals surface area contributed by atoms with Crippen molar-refractivity contribution in [1.29, 1.82) is 0 Å². The van der Waals surface area contributed by atoms with Gasteiger partial charge in [0, 0.05) is 31.2 Å². The van der Waals surface area contributed by atoms with E-state index in [4.69, 9.17) is 0 Å². The highest BCUT2D eigenvalue weighted by Gasteiger charge is 2.15. The molecule has 0 fully saturated rings. The molecule has 1 aromatic carbocycles. The Morgan fingerprint density at radius 3 is 2.83 bits per heavy atom. The quantitative estimate of drug-likeness (QED) is 0.817. The molecule has 0 unspecified atom stereocenters.